The van der Waals surface area contributed by atoms with Gasteiger partial charge in [0.05, 0.1) is 21.1 Å². The lowest BCUT2D eigenvalue weighted by Crippen LogP contribution is -2.30. The number of hydrogen-bond acceptors (Lipinski definition) is 7. The van der Waals surface area contributed by atoms with Crippen molar-refractivity contribution in [3.63, 3.8) is 0 Å². The first-order chi connectivity index (χ1) is 11.7. The molecule has 0 aliphatic heterocycles. The predicted molar refractivity (Wildman–Crippen MR) is 105 cm³/mol. The summed E-state index contributed by atoms with van der Waals surface area (Å²) in [5.74, 6) is 1.21. The molecule has 136 valence electrons. The van der Waals surface area contributed by atoms with Gasteiger partial charge in [-0.3, -0.25) is 0 Å². The van der Waals surface area contributed by atoms with Gasteiger partial charge < -0.3 is 15.7 Å². The summed E-state index contributed by atoms with van der Waals surface area (Å²) in [5, 5.41) is 20.8. The maximum absolute atomic E-state index is 11.3. The zero-order chi connectivity index (χ0) is 18.6. The highest BCUT2D eigenvalue weighted by molar-refractivity contribution is 14.1. The molecule has 0 amide bonds. The van der Waals surface area contributed by atoms with Crippen LogP contribution in [0.15, 0.2) is 35.4 Å². The lowest BCUT2D eigenvalue weighted by molar-refractivity contribution is 0.249. The van der Waals surface area contributed by atoms with E-state index in [9.17, 15) is 13.5 Å². The van der Waals surface area contributed by atoms with Crippen LogP contribution >= 0.6 is 22.6 Å². The minimum Gasteiger partial charge on any atom is -0.394 e. The van der Waals surface area contributed by atoms with Crippen molar-refractivity contribution >= 4 is 50.1 Å². The van der Waals surface area contributed by atoms with E-state index in [1.54, 1.807) is 18.3 Å². The third kappa shape index (κ3) is 5.49. The van der Waals surface area contributed by atoms with E-state index < -0.39 is 10.0 Å². The standard InChI is InChI=1S/C15H20IN5O3S/c1-9(2)13(8-22)20-14-12(16)7-18-15(21-14)19-10-3-5-11(6-4-10)25(17,23)24/h3-7,9,13,22H,8H2,1-2H3,(H2,17,23,24)(H2,18,19,20,21). The summed E-state index contributed by atoms with van der Waals surface area (Å²) in [5.41, 5.74) is 0.627. The Hall–Kier alpha value is -1.50. The van der Waals surface area contributed by atoms with Crippen molar-refractivity contribution in [1.82, 2.24) is 9.97 Å². The van der Waals surface area contributed by atoms with Gasteiger partial charge in [-0.25, -0.2) is 18.5 Å². The molecule has 0 spiro atoms. The van der Waals surface area contributed by atoms with E-state index in [0.717, 1.165) is 3.57 Å². The number of aliphatic hydroxyl groups is 1. The molecule has 1 aromatic carbocycles. The molecule has 0 bridgehead atoms. The molecule has 0 saturated carbocycles. The van der Waals surface area contributed by atoms with E-state index in [1.807, 2.05) is 13.8 Å². The molecular formula is C15H20IN5O3S. The average molecular weight is 477 g/mol. The van der Waals surface area contributed by atoms with E-state index in [-0.39, 0.29) is 23.5 Å². The number of sulfonamides is 1. The molecule has 5 N–H and O–H groups in total. The monoisotopic (exact) mass is 477 g/mol. The molecule has 2 rings (SSSR count). The van der Waals surface area contributed by atoms with Crippen molar-refractivity contribution in [2.24, 2.45) is 11.1 Å². The van der Waals surface area contributed by atoms with Gasteiger partial charge in [-0.05, 0) is 52.8 Å². The largest absolute Gasteiger partial charge is 0.394 e. The molecule has 0 aliphatic carbocycles. The van der Waals surface area contributed by atoms with Gasteiger partial charge in [0, 0.05) is 11.9 Å². The Bertz CT molecular complexity index is 828. The molecular weight excluding hydrogens is 457 g/mol. The number of nitrogens with zero attached hydrogens (tertiary/aromatic N) is 2. The van der Waals surface area contributed by atoms with Crippen molar-refractivity contribution in [3.8, 4) is 0 Å². The molecule has 10 heteroatoms. The number of halogens is 1. The van der Waals surface area contributed by atoms with Crippen LogP contribution in [-0.2, 0) is 10.0 Å². The molecule has 0 aliphatic rings. The lowest BCUT2D eigenvalue weighted by Gasteiger charge is -2.21. The van der Waals surface area contributed by atoms with Crippen LogP contribution in [0.3, 0.4) is 0 Å². The lowest BCUT2D eigenvalue weighted by atomic mass is 10.1. The topological polar surface area (TPSA) is 130 Å². The molecule has 2 aromatic rings. The maximum atomic E-state index is 11.3. The first-order valence-corrected chi connectivity index (χ1v) is 10.1. The van der Waals surface area contributed by atoms with Gasteiger partial charge in [-0.2, -0.15) is 4.98 Å². The number of anilines is 3. The first kappa shape index (κ1) is 19.8. The molecule has 1 atom stereocenters. The normalized spacial score (nSPS) is 12.9. The van der Waals surface area contributed by atoms with Gasteiger partial charge in [0.25, 0.3) is 0 Å². The van der Waals surface area contributed by atoms with Crippen molar-refractivity contribution in [2.75, 3.05) is 17.2 Å². The summed E-state index contributed by atoms with van der Waals surface area (Å²) in [6.45, 7) is 4.01. The van der Waals surface area contributed by atoms with E-state index in [2.05, 4.69) is 43.2 Å². The second kappa shape index (κ2) is 8.25. The van der Waals surface area contributed by atoms with E-state index in [1.165, 1.54) is 12.1 Å². The third-order valence-electron chi connectivity index (χ3n) is 3.51. The van der Waals surface area contributed by atoms with Gasteiger partial charge in [-0.1, -0.05) is 13.8 Å². The number of rotatable bonds is 7. The Balaban J connectivity index is 2.19. The molecule has 1 aromatic heterocycles. The summed E-state index contributed by atoms with van der Waals surface area (Å²) in [4.78, 5) is 8.66. The Morgan fingerprint density at radius 1 is 1.28 bits per heavy atom. The Kier molecular flexibility index (Phi) is 6.54. The van der Waals surface area contributed by atoms with Gasteiger partial charge in [0.15, 0.2) is 0 Å². The van der Waals surface area contributed by atoms with Crippen molar-refractivity contribution in [2.45, 2.75) is 24.8 Å². The van der Waals surface area contributed by atoms with Gasteiger partial charge in [0.1, 0.15) is 5.82 Å². The van der Waals surface area contributed by atoms with Gasteiger partial charge in [-0.15, -0.1) is 0 Å². The summed E-state index contributed by atoms with van der Waals surface area (Å²) < 4.78 is 23.4. The van der Waals surface area contributed by atoms with Crippen LogP contribution in [0.4, 0.5) is 17.5 Å². The second-order valence-electron chi connectivity index (χ2n) is 5.76. The van der Waals surface area contributed by atoms with Gasteiger partial charge in [0.2, 0.25) is 16.0 Å². The molecule has 1 heterocycles. The van der Waals surface area contributed by atoms with E-state index in [0.29, 0.717) is 17.5 Å². The van der Waals surface area contributed by atoms with Crippen molar-refractivity contribution < 1.29 is 13.5 Å². The van der Waals surface area contributed by atoms with Crippen LogP contribution in [0.2, 0.25) is 0 Å². The summed E-state index contributed by atoms with van der Waals surface area (Å²) >= 11 is 2.12. The Labute approximate surface area is 160 Å². The maximum Gasteiger partial charge on any atom is 0.238 e. The summed E-state index contributed by atoms with van der Waals surface area (Å²) in [7, 11) is -3.72. The first-order valence-electron chi connectivity index (χ1n) is 7.50. The number of nitrogens with one attached hydrogen (secondary N) is 2. The number of primary sulfonamides is 1. The van der Waals surface area contributed by atoms with E-state index >= 15 is 0 Å². The molecule has 8 nitrogen and oxygen atoms in total. The molecule has 0 saturated heterocycles. The highest BCUT2D eigenvalue weighted by Crippen LogP contribution is 2.21. The van der Waals surface area contributed by atoms with Crippen LogP contribution in [-0.4, -0.2) is 36.1 Å². The summed E-state index contributed by atoms with van der Waals surface area (Å²) in [6, 6.07) is 5.86. The molecule has 1 unspecified atom stereocenters. The fourth-order valence-corrected chi connectivity index (χ4v) is 2.92. The van der Waals surface area contributed by atoms with Crippen LogP contribution in [0, 0.1) is 9.49 Å². The average Bonchev–Trinajstić information content (AvgIpc) is 2.54. The number of nitrogens with two attached hydrogens (primary N) is 1. The minimum atomic E-state index is -3.72. The fourth-order valence-electron chi connectivity index (χ4n) is 1.98. The molecule has 25 heavy (non-hydrogen) atoms. The van der Waals surface area contributed by atoms with Gasteiger partial charge >= 0.3 is 0 Å². The predicted octanol–water partition coefficient (Wildman–Crippen LogP) is 1.90. The Morgan fingerprint density at radius 3 is 2.44 bits per heavy atom. The van der Waals surface area contributed by atoms with Crippen LogP contribution in [0.5, 0.6) is 0 Å². The number of aliphatic hydroxyl groups excluding tert-OH is 1. The zero-order valence-electron chi connectivity index (χ0n) is 13.8. The second-order valence-corrected chi connectivity index (χ2v) is 8.49. The van der Waals surface area contributed by atoms with Crippen molar-refractivity contribution in [3.05, 3.63) is 34.0 Å². The zero-order valence-corrected chi connectivity index (χ0v) is 16.7. The quantitative estimate of drug-likeness (QED) is 0.448. The number of benzene rings is 1. The number of aromatic nitrogens is 2. The highest BCUT2D eigenvalue weighted by Gasteiger charge is 2.15. The van der Waals surface area contributed by atoms with Crippen molar-refractivity contribution in [1.29, 1.82) is 0 Å². The number of hydrogen-bond donors (Lipinski definition) is 4. The van der Waals surface area contributed by atoms with Crippen LogP contribution in [0.25, 0.3) is 0 Å². The molecule has 0 radical (unpaired) electrons. The highest BCUT2D eigenvalue weighted by atomic mass is 127. The smallest absolute Gasteiger partial charge is 0.238 e. The minimum absolute atomic E-state index is 0.00443. The SMILES string of the molecule is CC(C)C(CO)Nc1nc(Nc2ccc(S(N)(=O)=O)cc2)ncc1I. The van der Waals surface area contributed by atoms with Crippen LogP contribution < -0.4 is 15.8 Å². The van der Waals surface area contributed by atoms with E-state index in [4.69, 9.17) is 5.14 Å². The Morgan fingerprint density at radius 2 is 1.92 bits per heavy atom. The molecule has 0 fully saturated rings. The summed E-state index contributed by atoms with van der Waals surface area (Å²) in [6.07, 6.45) is 1.66. The van der Waals surface area contributed by atoms with Crippen LogP contribution in [0.1, 0.15) is 13.8 Å². The third-order valence-corrected chi connectivity index (χ3v) is 5.23. The fraction of sp³-hybridized carbons (Fsp3) is 0.333.